The summed E-state index contributed by atoms with van der Waals surface area (Å²) in [6.45, 7) is 5.17. The quantitative estimate of drug-likeness (QED) is 0.605. The Hall–Kier alpha value is -1.64. The van der Waals surface area contributed by atoms with Crippen molar-refractivity contribution in [1.29, 1.82) is 0 Å². The van der Waals surface area contributed by atoms with E-state index in [9.17, 15) is 19.8 Å². The molecule has 2 heterocycles. The van der Waals surface area contributed by atoms with Crippen LogP contribution in [0.3, 0.4) is 0 Å². The molecule has 3 rings (SSSR count). The summed E-state index contributed by atoms with van der Waals surface area (Å²) in [5, 5.41) is 21.4. The third kappa shape index (κ3) is 6.93. The molecule has 2 aliphatic heterocycles. The van der Waals surface area contributed by atoms with Gasteiger partial charge in [0.15, 0.2) is 0 Å². The van der Waals surface area contributed by atoms with Crippen molar-refractivity contribution >= 4 is 41.1 Å². The average molecular weight is 484 g/mol. The Morgan fingerprint density at radius 1 is 1.19 bits per heavy atom. The second-order valence-electron chi connectivity index (χ2n) is 8.67. The molecule has 2 aliphatic rings. The number of likely N-dealkylation sites (tertiary alicyclic amines) is 1. The standard InChI is InChI=1S/C23H31Cl2N3O4/c1-16-6-8-26(15-21(16)30)13-18(29)14-28-11-10-27(9-7-23(28)32)22(31)5-3-17-2-4-19(24)20(25)12-17/h2-5,12,16,18,21,29-30H,6-11,13-15H2,1H3/b5-3+/t16-,18?,21-/m0/s1. The van der Waals surface area contributed by atoms with E-state index in [-0.39, 0.29) is 36.8 Å². The summed E-state index contributed by atoms with van der Waals surface area (Å²) >= 11 is 11.9. The third-order valence-corrected chi connectivity index (χ3v) is 6.90. The predicted molar refractivity (Wildman–Crippen MR) is 126 cm³/mol. The number of rotatable bonds is 6. The molecule has 0 aliphatic carbocycles. The molecule has 1 unspecified atom stereocenters. The summed E-state index contributed by atoms with van der Waals surface area (Å²) in [5.41, 5.74) is 0.764. The first kappa shape index (κ1) is 25.0. The molecule has 7 nitrogen and oxygen atoms in total. The maximum Gasteiger partial charge on any atom is 0.246 e. The first-order chi connectivity index (χ1) is 15.2. The van der Waals surface area contributed by atoms with Gasteiger partial charge < -0.3 is 20.0 Å². The van der Waals surface area contributed by atoms with E-state index in [0.717, 1.165) is 18.5 Å². The Bertz CT molecular complexity index is 851. The maximum atomic E-state index is 12.6. The van der Waals surface area contributed by atoms with Crippen molar-refractivity contribution in [2.24, 2.45) is 5.92 Å². The van der Waals surface area contributed by atoms with Crippen molar-refractivity contribution < 1.29 is 19.8 Å². The van der Waals surface area contributed by atoms with Gasteiger partial charge in [-0.2, -0.15) is 0 Å². The Labute approximate surface area is 199 Å². The number of nitrogens with zero attached hydrogens (tertiary/aromatic N) is 3. The molecule has 1 aromatic carbocycles. The molecular weight excluding hydrogens is 453 g/mol. The van der Waals surface area contributed by atoms with E-state index in [4.69, 9.17) is 23.2 Å². The van der Waals surface area contributed by atoms with Crippen molar-refractivity contribution in [3.05, 3.63) is 39.9 Å². The van der Waals surface area contributed by atoms with E-state index in [1.165, 1.54) is 6.08 Å². The molecule has 32 heavy (non-hydrogen) atoms. The Morgan fingerprint density at radius 2 is 1.97 bits per heavy atom. The fourth-order valence-electron chi connectivity index (χ4n) is 4.06. The number of β-amino-alcohol motifs (C(OH)–C–C–N with tert-alkyl or cyclic N) is 2. The SMILES string of the molecule is C[C@H]1CCN(CC(O)CN2CCN(C(=O)/C=C/c3ccc(Cl)c(Cl)c3)CCC2=O)C[C@@H]1O. The highest BCUT2D eigenvalue weighted by atomic mass is 35.5. The lowest BCUT2D eigenvalue weighted by Crippen LogP contribution is -2.48. The van der Waals surface area contributed by atoms with Crippen molar-refractivity contribution in [2.75, 3.05) is 45.8 Å². The Balaban J connectivity index is 1.50. The summed E-state index contributed by atoms with van der Waals surface area (Å²) in [5.74, 6) is 0.0210. The van der Waals surface area contributed by atoms with Gasteiger partial charge in [0.2, 0.25) is 11.8 Å². The molecule has 0 saturated carbocycles. The van der Waals surface area contributed by atoms with Gasteiger partial charge in [-0.05, 0) is 42.7 Å². The van der Waals surface area contributed by atoms with Gasteiger partial charge >= 0.3 is 0 Å². The van der Waals surface area contributed by atoms with Crippen molar-refractivity contribution in [2.45, 2.75) is 32.0 Å². The number of carbonyl (C=O) groups excluding carboxylic acids is 2. The van der Waals surface area contributed by atoms with Crippen LogP contribution in [0, 0.1) is 5.92 Å². The van der Waals surface area contributed by atoms with Crippen LogP contribution in [0.2, 0.25) is 10.0 Å². The molecule has 0 spiro atoms. The van der Waals surface area contributed by atoms with Crippen molar-refractivity contribution in [1.82, 2.24) is 14.7 Å². The molecule has 2 N–H and O–H groups in total. The zero-order valence-electron chi connectivity index (χ0n) is 18.3. The van der Waals surface area contributed by atoms with Gasteiger partial charge in [0, 0.05) is 51.8 Å². The summed E-state index contributed by atoms with van der Waals surface area (Å²) in [6.07, 6.45) is 3.18. The van der Waals surface area contributed by atoms with E-state index in [1.807, 2.05) is 11.8 Å². The predicted octanol–water partition coefficient (Wildman–Crippen LogP) is 2.13. The van der Waals surface area contributed by atoms with Crippen molar-refractivity contribution in [3.8, 4) is 0 Å². The van der Waals surface area contributed by atoms with Gasteiger partial charge in [-0.25, -0.2) is 0 Å². The highest BCUT2D eigenvalue weighted by molar-refractivity contribution is 6.42. The highest BCUT2D eigenvalue weighted by Crippen LogP contribution is 2.23. The Morgan fingerprint density at radius 3 is 2.69 bits per heavy atom. The first-order valence-corrected chi connectivity index (χ1v) is 11.8. The normalized spacial score (nSPS) is 24.1. The smallest absolute Gasteiger partial charge is 0.246 e. The number of benzene rings is 1. The molecule has 2 fully saturated rings. The number of amides is 2. The summed E-state index contributed by atoms with van der Waals surface area (Å²) in [6, 6.07) is 5.13. The number of hydrogen-bond acceptors (Lipinski definition) is 5. The number of aliphatic hydroxyl groups excluding tert-OH is 2. The van der Waals surface area contributed by atoms with Crippen LogP contribution in [0.1, 0.15) is 25.3 Å². The maximum absolute atomic E-state index is 12.6. The first-order valence-electron chi connectivity index (χ1n) is 11.0. The molecular formula is C23H31Cl2N3O4. The molecule has 2 amide bonds. The van der Waals surface area contributed by atoms with E-state index < -0.39 is 6.10 Å². The van der Waals surface area contributed by atoms with Gasteiger partial charge in [0.1, 0.15) is 0 Å². The van der Waals surface area contributed by atoms with Crippen LogP contribution in [0.25, 0.3) is 6.08 Å². The van der Waals surface area contributed by atoms with Crippen LogP contribution >= 0.6 is 23.2 Å². The molecule has 3 atom stereocenters. The van der Waals surface area contributed by atoms with E-state index in [2.05, 4.69) is 0 Å². The minimum atomic E-state index is -0.698. The van der Waals surface area contributed by atoms with Gasteiger partial charge in [-0.15, -0.1) is 0 Å². The van der Waals surface area contributed by atoms with Gasteiger partial charge in [0.25, 0.3) is 0 Å². The zero-order valence-corrected chi connectivity index (χ0v) is 19.8. The number of piperidine rings is 1. The minimum Gasteiger partial charge on any atom is -0.392 e. The van der Waals surface area contributed by atoms with Gasteiger partial charge in [-0.1, -0.05) is 36.2 Å². The minimum absolute atomic E-state index is 0.0693. The second kappa shape index (κ2) is 11.5. The number of halogens is 2. The largest absolute Gasteiger partial charge is 0.392 e. The summed E-state index contributed by atoms with van der Waals surface area (Å²) in [4.78, 5) is 30.4. The number of aliphatic hydroxyl groups is 2. The number of hydrogen-bond donors (Lipinski definition) is 2. The fraction of sp³-hybridized carbons (Fsp3) is 0.565. The lowest BCUT2D eigenvalue weighted by atomic mass is 9.96. The topological polar surface area (TPSA) is 84.3 Å². The summed E-state index contributed by atoms with van der Waals surface area (Å²) < 4.78 is 0. The fourth-order valence-corrected chi connectivity index (χ4v) is 4.37. The van der Waals surface area contributed by atoms with Crippen LogP contribution in [0.5, 0.6) is 0 Å². The van der Waals surface area contributed by atoms with E-state index in [0.29, 0.717) is 42.8 Å². The zero-order chi connectivity index (χ0) is 23.3. The molecule has 176 valence electrons. The van der Waals surface area contributed by atoms with Crippen LogP contribution in [-0.2, 0) is 9.59 Å². The van der Waals surface area contributed by atoms with E-state index in [1.54, 1.807) is 34.1 Å². The van der Waals surface area contributed by atoms with Gasteiger partial charge in [0.05, 0.1) is 22.3 Å². The summed E-state index contributed by atoms with van der Waals surface area (Å²) in [7, 11) is 0. The molecule has 0 bridgehead atoms. The molecule has 1 aromatic rings. The van der Waals surface area contributed by atoms with E-state index >= 15 is 0 Å². The molecule has 0 radical (unpaired) electrons. The van der Waals surface area contributed by atoms with Crippen LogP contribution in [-0.4, -0.2) is 94.7 Å². The molecule has 9 heteroatoms. The van der Waals surface area contributed by atoms with Crippen molar-refractivity contribution in [3.63, 3.8) is 0 Å². The van der Waals surface area contributed by atoms with Crippen LogP contribution in [0.4, 0.5) is 0 Å². The molecule has 0 aromatic heterocycles. The van der Waals surface area contributed by atoms with Gasteiger partial charge in [-0.3, -0.25) is 14.5 Å². The monoisotopic (exact) mass is 483 g/mol. The van der Waals surface area contributed by atoms with Crippen LogP contribution in [0.15, 0.2) is 24.3 Å². The second-order valence-corrected chi connectivity index (χ2v) is 9.48. The number of carbonyl (C=O) groups is 2. The highest BCUT2D eigenvalue weighted by Gasteiger charge is 2.28. The lowest BCUT2D eigenvalue weighted by molar-refractivity contribution is -0.132. The Kier molecular flexibility index (Phi) is 8.96. The molecule has 2 saturated heterocycles. The van der Waals surface area contributed by atoms with Crippen LogP contribution < -0.4 is 0 Å². The lowest BCUT2D eigenvalue weighted by Gasteiger charge is -2.36. The average Bonchev–Trinajstić information content (AvgIpc) is 2.93. The third-order valence-electron chi connectivity index (χ3n) is 6.16.